The van der Waals surface area contributed by atoms with Crippen LogP contribution in [0.5, 0.6) is 0 Å². The maximum atomic E-state index is 13.2. The molecule has 1 aromatic heterocycles. The van der Waals surface area contributed by atoms with Gasteiger partial charge in [-0.1, -0.05) is 51.1 Å². The minimum Gasteiger partial charge on any atom is -0.212 e. The van der Waals surface area contributed by atoms with E-state index < -0.39 is 0 Å². The fourth-order valence-electron chi connectivity index (χ4n) is 2.16. The van der Waals surface area contributed by atoms with Gasteiger partial charge in [-0.25, -0.2) is 19.3 Å². The predicted molar refractivity (Wildman–Crippen MR) is 89.4 cm³/mol. The lowest BCUT2D eigenvalue weighted by atomic mass is 9.95. The molecule has 0 N–H and O–H groups in total. The number of rotatable bonds is 2. The first-order chi connectivity index (χ1) is 10.9. The molecule has 3 nitrogen and oxygen atoms in total. The Labute approximate surface area is 135 Å². The van der Waals surface area contributed by atoms with Gasteiger partial charge in [-0.15, -0.1) is 0 Å². The molecule has 0 amide bonds. The minimum absolute atomic E-state index is 0.207. The molecule has 0 saturated heterocycles. The van der Waals surface area contributed by atoms with Gasteiger partial charge < -0.3 is 0 Å². The molecule has 1 heterocycles. The highest BCUT2D eigenvalue weighted by molar-refractivity contribution is 5.61. The van der Waals surface area contributed by atoms with Gasteiger partial charge in [0.15, 0.2) is 11.6 Å². The van der Waals surface area contributed by atoms with Crippen molar-refractivity contribution in [3.05, 3.63) is 66.2 Å². The van der Waals surface area contributed by atoms with Gasteiger partial charge in [-0.2, -0.15) is 0 Å². The van der Waals surface area contributed by atoms with Crippen molar-refractivity contribution >= 4 is 0 Å². The second kappa shape index (κ2) is 5.88. The highest BCUT2D eigenvalue weighted by Crippen LogP contribution is 2.25. The fraction of sp³-hybridized carbons (Fsp3) is 0.211. The molecule has 0 aliphatic rings. The summed E-state index contributed by atoms with van der Waals surface area (Å²) >= 11 is 0. The Morgan fingerprint density at radius 3 is 1.74 bits per heavy atom. The van der Waals surface area contributed by atoms with Gasteiger partial charge in [-0.05, 0) is 24.3 Å². The molecule has 4 heteroatoms. The Balaban J connectivity index is 2.18. The summed E-state index contributed by atoms with van der Waals surface area (Å²) in [5.41, 5.74) is 1.50. The van der Waals surface area contributed by atoms with Crippen molar-refractivity contribution in [3.8, 4) is 22.8 Å². The summed E-state index contributed by atoms with van der Waals surface area (Å²) in [7, 11) is 0. The van der Waals surface area contributed by atoms with E-state index in [0.29, 0.717) is 17.5 Å². The lowest BCUT2D eigenvalue weighted by Crippen LogP contribution is -2.18. The maximum absolute atomic E-state index is 13.2. The van der Waals surface area contributed by atoms with Crippen molar-refractivity contribution in [2.75, 3.05) is 0 Å². The van der Waals surface area contributed by atoms with Crippen molar-refractivity contribution < 1.29 is 4.39 Å². The molecule has 0 fully saturated rings. The quantitative estimate of drug-likeness (QED) is 0.692. The molecular weight excluding hydrogens is 289 g/mol. The molecule has 0 aliphatic carbocycles. The van der Waals surface area contributed by atoms with Crippen molar-refractivity contribution in [2.24, 2.45) is 0 Å². The summed E-state index contributed by atoms with van der Waals surface area (Å²) in [6.07, 6.45) is 0. The Hall–Kier alpha value is -2.62. The summed E-state index contributed by atoms with van der Waals surface area (Å²) in [6.45, 7) is 6.18. The summed E-state index contributed by atoms with van der Waals surface area (Å²) in [5.74, 6) is 1.63. The molecule has 0 saturated carbocycles. The normalized spacial score (nSPS) is 11.5. The van der Waals surface area contributed by atoms with Crippen molar-refractivity contribution in [1.82, 2.24) is 15.0 Å². The van der Waals surface area contributed by atoms with Crippen LogP contribution in [0.15, 0.2) is 54.6 Å². The van der Waals surface area contributed by atoms with Crippen molar-refractivity contribution in [3.63, 3.8) is 0 Å². The molecule has 23 heavy (non-hydrogen) atoms. The van der Waals surface area contributed by atoms with Crippen LogP contribution in [-0.2, 0) is 5.41 Å². The van der Waals surface area contributed by atoms with Crippen molar-refractivity contribution in [1.29, 1.82) is 0 Å². The smallest absolute Gasteiger partial charge is 0.163 e. The molecule has 0 aliphatic heterocycles. The molecular formula is C19H18FN3. The Kier molecular flexibility index (Phi) is 3.90. The summed E-state index contributed by atoms with van der Waals surface area (Å²) < 4.78 is 13.2. The highest BCUT2D eigenvalue weighted by Gasteiger charge is 2.20. The van der Waals surface area contributed by atoms with Crippen LogP contribution in [0.4, 0.5) is 4.39 Å². The van der Waals surface area contributed by atoms with Crippen molar-refractivity contribution in [2.45, 2.75) is 26.2 Å². The van der Waals surface area contributed by atoms with Gasteiger partial charge >= 0.3 is 0 Å². The van der Waals surface area contributed by atoms with Crippen LogP contribution in [0.25, 0.3) is 22.8 Å². The van der Waals surface area contributed by atoms with E-state index in [1.54, 1.807) is 12.1 Å². The van der Waals surface area contributed by atoms with Crippen LogP contribution in [-0.4, -0.2) is 15.0 Å². The second-order valence-electron chi connectivity index (χ2n) is 6.43. The molecule has 0 atom stereocenters. The van der Waals surface area contributed by atoms with Crippen LogP contribution in [0.2, 0.25) is 0 Å². The van der Waals surface area contributed by atoms with E-state index in [-0.39, 0.29) is 11.2 Å². The lowest BCUT2D eigenvalue weighted by molar-refractivity contribution is 0.543. The first kappa shape index (κ1) is 15.3. The van der Waals surface area contributed by atoms with E-state index in [2.05, 4.69) is 35.7 Å². The first-order valence-corrected chi connectivity index (χ1v) is 7.51. The number of nitrogens with zero attached hydrogens (tertiary/aromatic N) is 3. The SMILES string of the molecule is CC(C)(C)c1nc(-c2ccccc2)nc(-c2ccc(F)cc2)n1. The Morgan fingerprint density at radius 1 is 0.696 bits per heavy atom. The third-order valence-corrected chi connectivity index (χ3v) is 3.44. The zero-order chi connectivity index (χ0) is 16.4. The number of hydrogen-bond acceptors (Lipinski definition) is 3. The predicted octanol–water partition coefficient (Wildman–Crippen LogP) is 4.64. The number of aromatic nitrogens is 3. The minimum atomic E-state index is -0.276. The van der Waals surface area contributed by atoms with Crippen LogP contribution < -0.4 is 0 Å². The van der Waals surface area contributed by atoms with Gasteiger partial charge in [0.25, 0.3) is 0 Å². The summed E-state index contributed by atoms with van der Waals surface area (Å²) in [5, 5.41) is 0. The van der Waals surface area contributed by atoms with Crippen LogP contribution in [0.1, 0.15) is 26.6 Å². The van der Waals surface area contributed by atoms with Gasteiger partial charge in [0, 0.05) is 16.5 Å². The number of halogens is 1. The highest BCUT2D eigenvalue weighted by atomic mass is 19.1. The molecule has 0 radical (unpaired) electrons. The third-order valence-electron chi connectivity index (χ3n) is 3.44. The molecule has 2 aromatic carbocycles. The molecule has 3 aromatic rings. The molecule has 0 unspecified atom stereocenters. The van der Waals surface area contributed by atoms with Crippen LogP contribution in [0, 0.1) is 5.82 Å². The zero-order valence-corrected chi connectivity index (χ0v) is 13.4. The van der Waals surface area contributed by atoms with Crippen LogP contribution in [0.3, 0.4) is 0 Å². The van der Waals surface area contributed by atoms with Gasteiger partial charge in [-0.3, -0.25) is 0 Å². The Bertz CT molecular complexity index is 806. The standard InChI is InChI=1S/C19H18FN3/c1-19(2,3)18-22-16(13-7-5-4-6-8-13)21-17(23-18)14-9-11-15(20)12-10-14/h4-12H,1-3H3. The van der Waals surface area contributed by atoms with E-state index >= 15 is 0 Å². The van der Waals surface area contributed by atoms with E-state index in [1.807, 2.05) is 30.3 Å². The fourth-order valence-corrected chi connectivity index (χ4v) is 2.16. The summed E-state index contributed by atoms with van der Waals surface area (Å²) in [4.78, 5) is 13.8. The number of hydrogen-bond donors (Lipinski definition) is 0. The topological polar surface area (TPSA) is 38.7 Å². The van der Waals surface area contributed by atoms with E-state index in [0.717, 1.165) is 11.1 Å². The maximum Gasteiger partial charge on any atom is 0.163 e. The Morgan fingerprint density at radius 2 is 1.22 bits per heavy atom. The van der Waals surface area contributed by atoms with E-state index in [4.69, 9.17) is 0 Å². The van der Waals surface area contributed by atoms with E-state index in [9.17, 15) is 4.39 Å². The lowest BCUT2D eigenvalue weighted by Gasteiger charge is -2.18. The second-order valence-corrected chi connectivity index (χ2v) is 6.43. The third kappa shape index (κ3) is 3.42. The van der Waals surface area contributed by atoms with Gasteiger partial charge in [0.2, 0.25) is 0 Å². The zero-order valence-electron chi connectivity index (χ0n) is 13.4. The number of benzene rings is 2. The van der Waals surface area contributed by atoms with Gasteiger partial charge in [0.05, 0.1) is 0 Å². The van der Waals surface area contributed by atoms with E-state index in [1.165, 1.54) is 12.1 Å². The average Bonchev–Trinajstić information content (AvgIpc) is 2.55. The molecule has 0 spiro atoms. The largest absolute Gasteiger partial charge is 0.212 e. The van der Waals surface area contributed by atoms with Crippen LogP contribution >= 0.6 is 0 Å². The summed E-state index contributed by atoms with van der Waals surface area (Å²) in [6, 6.07) is 16.0. The molecule has 0 bridgehead atoms. The molecule has 3 rings (SSSR count). The monoisotopic (exact) mass is 307 g/mol. The molecule has 116 valence electrons. The average molecular weight is 307 g/mol. The van der Waals surface area contributed by atoms with Gasteiger partial charge in [0.1, 0.15) is 11.6 Å². The first-order valence-electron chi connectivity index (χ1n) is 7.51.